The Kier molecular flexibility index (Phi) is 12.2. The van der Waals surface area contributed by atoms with E-state index in [-0.39, 0.29) is 24.4 Å². The van der Waals surface area contributed by atoms with Crippen LogP contribution in [0.4, 0.5) is 0 Å². The molecule has 14 heteroatoms. The van der Waals surface area contributed by atoms with Crippen LogP contribution in [0.3, 0.4) is 0 Å². The van der Waals surface area contributed by atoms with Crippen LogP contribution in [0.25, 0.3) is 0 Å². The first-order chi connectivity index (χ1) is 14.4. The molecule has 0 aliphatic carbocycles. The first-order valence-electron chi connectivity index (χ1n) is 10.3. The summed E-state index contributed by atoms with van der Waals surface area (Å²) in [6.07, 6.45) is -1.37. The smallest absolute Gasteiger partial charge is 0.388 e. The topological polar surface area (TPSA) is 149 Å². The van der Waals surface area contributed by atoms with Gasteiger partial charge in [0.2, 0.25) is 5.91 Å². The number of aliphatic hydroxyl groups excluding tert-OH is 2. The average molecular weight is 541 g/mol. The summed E-state index contributed by atoms with van der Waals surface area (Å²) in [6, 6.07) is -1.18. The Labute approximate surface area is 204 Å². The highest BCUT2D eigenvalue weighted by molar-refractivity contribution is 7.99. The Morgan fingerprint density at radius 3 is 2.50 bits per heavy atom. The second-order valence-corrected chi connectivity index (χ2v) is 11.1. The molecule has 2 fully saturated rings. The Morgan fingerprint density at radius 1 is 1.38 bits per heavy atom. The second kappa shape index (κ2) is 12.9. The number of alkyl halides is 1. The van der Waals surface area contributed by atoms with Gasteiger partial charge in [0.1, 0.15) is 29.9 Å². The number of carbonyl (C=O) groups is 1. The summed E-state index contributed by atoms with van der Waals surface area (Å²) in [5.74, 6) is 0.195. The molecule has 0 aromatic heterocycles. The van der Waals surface area contributed by atoms with Crippen LogP contribution in [0.1, 0.15) is 33.1 Å². The van der Waals surface area contributed by atoms with Crippen molar-refractivity contribution < 1.29 is 38.6 Å². The molecule has 0 bridgehead atoms. The molecule has 0 radical (unpaired) electrons. The van der Waals surface area contributed by atoms with Gasteiger partial charge in [-0.15, -0.1) is 35.8 Å². The third-order valence-electron chi connectivity index (χ3n) is 5.87. The lowest BCUT2D eigenvalue weighted by atomic mass is 9.92. The molecule has 190 valence electrons. The normalized spacial score (nSPS) is 35.7. The summed E-state index contributed by atoms with van der Waals surface area (Å²) in [4.78, 5) is 33.3. The molecule has 2 rings (SSSR count). The van der Waals surface area contributed by atoms with Crippen LogP contribution in [0, 0.1) is 5.92 Å². The number of likely N-dealkylation sites (tertiary alicyclic amines) is 1. The van der Waals surface area contributed by atoms with E-state index in [9.17, 15) is 19.6 Å². The number of hydrogen-bond donors (Lipinski definition) is 5. The van der Waals surface area contributed by atoms with Gasteiger partial charge in [0.05, 0.1) is 17.5 Å². The predicted octanol–water partition coefficient (Wildman–Crippen LogP) is 0.928. The molecule has 0 saturated carbocycles. The van der Waals surface area contributed by atoms with Gasteiger partial charge in [-0.2, -0.15) is 0 Å². The van der Waals surface area contributed by atoms with Crippen molar-refractivity contribution in [1.29, 1.82) is 0 Å². The highest BCUT2D eigenvalue weighted by Crippen LogP contribution is 2.43. The Bertz CT molecular complexity index is 658. The molecular formula is C18H35Cl2N2O8PS. The number of ether oxygens (including phenoxy) is 1. The molecule has 10 nitrogen and oxygen atoms in total. The van der Waals surface area contributed by atoms with E-state index in [1.54, 1.807) is 13.2 Å². The predicted molar refractivity (Wildman–Crippen MR) is 125 cm³/mol. The summed E-state index contributed by atoms with van der Waals surface area (Å²) in [6.45, 7) is 4.57. The maximum atomic E-state index is 13.0. The number of carbonyl (C=O) groups excluding carboxylic acids is 1. The van der Waals surface area contributed by atoms with E-state index in [0.29, 0.717) is 5.92 Å². The third-order valence-corrected chi connectivity index (χ3v) is 7.50. The van der Waals surface area contributed by atoms with Crippen molar-refractivity contribution in [2.45, 2.75) is 80.4 Å². The van der Waals surface area contributed by atoms with E-state index >= 15 is 0 Å². The number of nitrogens with zero attached hydrogens (tertiary/aromatic N) is 1. The average Bonchev–Trinajstić information content (AvgIpc) is 3.03. The standard InChI is InChI=1S/C18H34ClN2O8PS.ClH/c1-5-6-10-7-11(21(3)8-10)17(24)20-12(9(2)19)15-13(22)14(23)16(18(28-15)31-4)29-30(25,26)27;/h9-16,18,22-23H,5-8H2,1-4H3,(H,20,24)(H2,25,26,27);1H/t9-,10+,11-,12+,13+,14-,15+,16+,18+;/m0./s1. The quantitative estimate of drug-likeness (QED) is 0.211. The van der Waals surface area contributed by atoms with Crippen molar-refractivity contribution >= 4 is 49.5 Å². The molecule has 0 unspecified atom stereocenters. The molecule has 5 N–H and O–H groups in total. The van der Waals surface area contributed by atoms with Crippen molar-refractivity contribution in [1.82, 2.24) is 10.2 Å². The van der Waals surface area contributed by atoms with Crippen LogP contribution in [0.5, 0.6) is 0 Å². The minimum atomic E-state index is -4.93. The fourth-order valence-electron chi connectivity index (χ4n) is 4.37. The number of hydrogen-bond acceptors (Lipinski definition) is 8. The fraction of sp³-hybridized carbons (Fsp3) is 0.944. The van der Waals surface area contributed by atoms with Crippen molar-refractivity contribution in [2.75, 3.05) is 19.8 Å². The van der Waals surface area contributed by atoms with Gasteiger partial charge >= 0.3 is 7.82 Å². The van der Waals surface area contributed by atoms with Crippen LogP contribution in [-0.4, -0.2) is 98.0 Å². The van der Waals surface area contributed by atoms with Gasteiger partial charge in [0, 0.05) is 6.54 Å². The summed E-state index contributed by atoms with van der Waals surface area (Å²) in [5, 5.41) is 23.4. The van der Waals surface area contributed by atoms with Gasteiger partial charge in [-0.05, 0) is 39.0 Å². The van der Waals surface area contributed by atoms with E-state index in [4.69, 9.17) is 26.1 Å². The maximum Gasteiger partial charge on any atom is 0.470 e. The zero-order chi connectivity index (χ0) is 23.5. The van der Waals surface area contributed by atoms with Crippen molar-refractivity contribution in [2.24, 2.45) is 5.92 Å². The van der Waals surface area contributed by atoms with Crippen LogP contribution in [0.15, 0.2) is 0 Å². The molecule has 0 aromatic rings. The molecule has 1 amide bonds. The minimum Gasteiger partial charge on any atom is -0.388 e. The van der Waals surface area contributed by atoms with Crippen molar-refractivity contribution in [3.05, 3.63) is 0 Å². The number of thioether (sulfide) groups is 1. The molecule has 32 heavy (non-hydrogen) atoms. The van der Waals surface area contributed by atoms with Crippen LogP contribution in [-0.2, 0) is 18.6 Å². The van der Waals surface area contributed by atoms with Gasteiger partial charge in [-0.3, -0.25) is 14.2 Å². The number of halogens is 2. The number of phosphoric ester groups is 1. The van der Waals surface area contributed by atoms with Gasteiger partial charge in [-0.25, -0.2) is 4.57 Å². The zero-order valence-corrected chi connectivity index (χ0v) is 21.8. The van der Waals surface area contributed by atoms with Crippen LogP contribution < -0.4 is 5.32 Å². The minimum absolute atomic E-state index is 0. The van der Waals surface area contributed by atoms with E-state index in [1.165, 1.54) is 0 Å². The Hall–Kier alpha value is 0.350. The van der Waals surface area contributed by atoms with Gasteiger partial charge in [0.25, 0.3) is 0 Å². The second-order valence-electron chi connectivity index (χ2n) is 8.30. The van der Waals surface area contributed by atoms with Crippen molar-refractivity contribution in [3.8, 4) is 0 Å². The number of aliphatic hydroxyl groups is 2. The zero-order valence-electron chi connectivity index (χ0n) is 18.5. The fourth-order valence-corrected chi connectivity index (χ4v) is 5.93. The number of amides is 1. The third kappa shape index (κ3) is 7.68. The van der Waals surface area contributed by atoms with E-state index < -0.39 is 49.1 Å². The summed E-state index contributed by atoms with van der Waals surface area (Å²) in [5.41, 5.74) is -0.992. The molecule has 0 aromatic carbocycles. The van der Waals surface area contributed by atoms with Gasteiger partial charge < -0.3 is 30.1 Å². The molecule has 2 saturated heterocycles. The summed E-state index contributed by atoms with van der Waals surface area (Å²) >= 11 is 7.38. The number of rotatable bonds is 9. The number of nitrogens with one attached hydrogen (secondary N) is 1. The molecule has 2 aliphatic heterocycles. The lowest BCUT2D eigenvalue weighted by Crippen LogP contribution is -2.65. The monoisotopic (exact) mass is 540 g/mol. The Balaban J connectivity index is 0.00000512. The highest BCUT2D eigenvalue weighted by Gasteiger charge is 2.51. The summed E-state index contributed by atoms with van der Waals surface area (Å²) < 4.78 is 21.7. The van der Waals surface area contributed by atoms with E-state index in [0.717, 1.165) is 37.6 Å². The number of likely N-dealkylation sites (N-methyl/N-ethyl adjacent to an activating group) is 1. The van der Waals surface area contributed by atoms with Crippen LogP contribution >= 0.6 is 43.6 Å². The molecule has 2 heterocycles. The highest BCUT2D eigenvalue weighted by atomic mass is 35.5. The molecule has 9 atom stereocenters. The van der Waals surface area contributed by atoms with Crippen LogP contribution in [0.2, 0.25) is 0 Å². The molecule has 0 spiro atoms. The molecular weight excluding hydrogens is 506 g/mol. The lowest BCUT2D eigenvalue weighted by molar-refractivity contribution is -0.201. The lowest BCUT2D eigenvalue weighted by Gasteiger charge is -2.45. The first kappa shape index (κ1) is 30.4. The van der Waals surface area contributed by atoms with Gasteiger partial charge in [0.15, 0.2) is 0 Å². The van der Waals surface area contributed by atoms with E-state index in [1.807, 2.05) is 11.9 Å². The Morgan fingerprint density at radius 2 is 2.00 bits per heavy atom. The summed E-state index contributed by atoms with van der Waals surface area (Å²) in [7, 11) is -3.04. The SMILES string of the molecule is CCC[C@@H]1C[C@@H](C(=O)N[C@@H]([C@H]2O[C@H](SC)[C@H](OP(=O)(O)O)[C@@H](O)[C@H]2O)[C@H](C)Cl)N(C)C1.Cl. The van der Waals surface area contributed by atoms with E-state index in [2.05, 4.69) is 16.8 Å². The van der Waals surface area contributed by atoms with Gasteiger partial charge in [-0.1, -0.05) is 13.3 Å². The number of phosphoric acid groups is 1. The largest absolute Gasteiger partial charge is 0.470 e. The van der Waals surface area contributed by atoms with Crippen molar-refractivity contribution in [3.63, 3.8) is 0 Å². The maximum absolute atomic E-state index is 13.0. The first-order valence-corrected chi connectivity index (χ1v) is 13.6. The molecule has 2 aliphatic rings.